The van der Waals surface area contributed by atoms with Gasteiger partial charge in [-0.1, -0.05) is 47.0 Å². The molecule has 2 aliphatic heterocycles. The van der Waals surface area contributed by atoms with Gasteiger partial charge in [0.05, 0.1) is 12.5 Å². The van der Waals surface area contributed by atoms with Crippen molar-refractivity contribution in [3.63, 3.8) is 0 Å². The van der Waals surface area contributed by atoms with E-state index in [1.54, 1.807) is 0 Å². The van der Waals surface area contributed by atoms with Gasteiger partial charge in [0.25, 0.3) is 5.92 Å². The lowest BCUT2D eigenvalue weighted by molar-refractivity contribution is -0.198. The molecule has 0 aromatic rings. The number of hydrogen-bond donors (Lipinski definition) is 0. The van der Waals surface area contributed by atoms with E-state index in [0.29, 0.717) is 32.3 Å². The third-order valence-corrected chi connectivity index (χ3v) is 13.4. The van der Waals surface area contributed by atoms with Crippen molar-refractivity contribution >= 4 is 14.3 Å². The number of halogens is 2. The quantitative estimate of drug-likeness (QED) is 0.139. The van der Waals surface area contributed by atoms with Gasteiger partial charge in [0.2, 0.25) is 0 Å². The van der Waals surface area contributed by atoms with Crippen molar-refractivity contribution in [1.82, 2.24) is 0 Å². The minimum Gasteiger partial charge on any atom is -0.462 e. The number of carbonyl (C=O) groups excluding carboxylic acids is 1. The summed E-state index contributed by atoms with van der Waals surface area (Å²) in [5.74, 6) is -3.05. The summed E-state index contributed by atoms with van der Waals surface area (Å²) in [4.78, 5) is 12.0. The molecule has 210 valence electrons. The SMILES string of the molecule is CCCCCCC(F)(F)C(CC[C@H]1C(OC2CCCCO2)CC2OC(=O)CC21)O[Si](C)(C)C(C)(C)C. The van der Waals surface area contributed by atoms with Crippen LogP contribution in [0.4, 0.5) is 8.78 Å². The molecule has 5 nitrogen and oxygen atoms in total. The third kappa shape index (κ3) is 7.73. The van der Waals surface area contributed by atoms with Crippen LogP contribution in [0.3, 0.4) is 0 Å². The first kappa shape index (κ1) is 30.0. The molecule has 0 aromatic carbocycles. The van der Waals surface area contributed by atoms with Crippen LogP contribution in [-0.2, 0) is 23.4 Å². The number of alkyl halides is 2. The van der Waals surface area contributed by atoms with Gasteiger partial charge in [-0.05, 0) is 62.6 Å². The first-order valence-corrected chi connectivity index (χ1v) is 17.3. The number of carbonyl (C=O) groups is 1. The highest BCUT2D eigenvalue weighted by Crippen LogP contribution is 2.47. The van der Waals surface area contributed by atoms with Gasteiger partial charge in [0.15, 0.2) is 14.6 Å². The second kappa shape index (κ2) is 12.5. The van der Waals surface area contributed by atoms with Crippen LogP contribution >= 0.6 is 0 Å². The van der Waals surface area contributed by atoms with Gasteiger partial charge in [0.1, 0.15) is 12.2 Å². The fourth-order valence-electron chi connectivity index (χ4n) is 5.71. The smallest absolute Gasteiger partial charge is 0.306 e. The average Bonchev–Trinajstić information content (AvgIpc) is 3.29. The lowest BCUT2D eigenvalue weighted by Gasteiger charge is -2.42. The molecule has 3 aliphatic rings. The van der Waals surface area contributed by atoms with Crippen molar-refractivity contribution in [3.05, 3.63) is 0 Å². The number of hydrogen-bond acceptors (Lipinski definition) is 5. The Labute approximate surface area is 218 Å². The fourth-order valence-corrected chi connectivity index (χ4v) is 7.06. The van der Waals surface area contributed by atoms with Crippen LogP contribution in [0.1, 0.15) is 105 Å². The number of rotatable bonds is 13. The molecule has 8 heteroatoms. The van der Waals surface area contributed by atoms with Gasteiger partial charge in [-0.2, -0.15) is 0 Å². The Hall–Kier alpha value is -0.573. The Bertz CT molecular complexity index is 705. The number of unbranched alkanes of at least 4 members (excludes halogenated alkanes) is 3. The van der Waals surface area contributed by atoms with E-state index in [4.69, 9.17) is 18.6 Å². The van der Waals surface area contributed by atoms with Crippen molar-refractivity contribution in [2.75, 3.05) is 6.61 Å². The Balaban J connectivity index is 1.73. The average molecular weight is 533 g/mol. The van der Waals surface area contributed by atoms with Crippen LogP contribution < -0.4 is 0 Å². The zero-order chi connectivity index (χ0) is 26.6. The molecule has 5 unspecified atom stereocenters. The molecule has 0 radical (unpaired) electrons. The van der Waals surface area contributed by atoms with Crippen molar-refractivity contribution in [2.24, 2.45) is 11.8 Å². The van der Waals surface area contributed by atoms with Gasteiger partial charge < -0.3 is 18.6 Å². The lowest BCUT2D eigenvalue weighted by atomic mass is 9.86. The second-order valence-corrected chi connectivity index (χ2v) is 17.5. The molecule has 2 saturated heterocycles. The molecule has 0 bridgehead atoms. The van der Waals surface area contributed by atoms with Crippen LogP contribution in [0.25, 0.3) is 0 Å². The van der Waals surface area contributed by atoms with Gasteiger partial charge in [0, 0.05) is 25.4 Å². The summed E-state index contributed by atoms with van der Waals surface area (Å²) in [5.41, 5.74) is 0. The van der Waals surface area contributed by atoms with E-state index in [0.717, 1.165) is 38.5 Å². The minimum absolute atomic E-state index is 0.00613. The maximum absolute atomic E-state index is 15.7. The molecule has 0 spiro atoms. The van der Waals surface area contributed by atoms with Crippen LogP contribution in [0.2, 0.25) is 18.1 Å². The molecular formula is C28H50F2O5Si. The lowest BCUT2D eigenvalue weighted by Crippen LogP contribution is -2.49. The third-order valence-electron chi connectivity index (χ3n) is 8.96. The molecular weight excluding hydrogens is 482 g/mol. The van der Waals surface area contributed by atoms with E-state index in [1.165, 1.54) is 0 Å². The van der Waals surface area contributed by atoms with E-state index in [1.807, 2.05) is 0 Å². The monoisotopic (exact) mass is 532 g/mol. The van der Waals surface area contributed by atoms with Crippen LogP contribution in [0.5, 0.6) is 0 Å². The summed E-state index contributed by atoms with van der Waals surface area (Å²) < 4.78 is 55.5. The highest BCUT2D eigenvalue weighted by molar-refractivity contribution is 6.74. The van der Waals surface area contributed by atoms with E-state index in [-0.39, 0.29) is 54.2 Å². The zero-order valence-electron chi connectivity index (χ0n) is 23.5. The maximum atomic E-state index is 15.7. The zero-order valence-corrected chi connectivity index (χ0v) is 24.5. The van der Waals surface area contributed by atoms with Crippen LogP contribution in [0.15, 0.2) is 0 Å². The van der Waals surface area contributed by atoms with E-state index in [9.17, 15) is 4.79 Å². The first-order valence-electron chi connectivity index (χ1n) is 14.4. The number of ether oxygens (including phenoxy) is 3. The van der Waals surface area contributed by atoms with Crippen molar-refractivity contribution in [3.8, 4) is 0 Å². The standard InChI is InChI=1S/C28H50F2O5Si/c1-7-8-9-11-16-28(29,30)24(35-36(5,6)27(2,3)4)15-14-20-21-18-25(31)33-23(21)19-22(20)34-26-13-10-12-17-32-26/h20-24,26H,7-19H2,1-6H3/t20-,21?,22?,23?,24?,26?/m1/s1. The topological polar surface area (TPSA) is 54.0 Å². The summed E-state index contributed by atoms with van der Waals surface area (Å²) in [5, 5.41) is -0.155. The predicted octanol–water partition coefficient (Wildman–Crippen LogP) is 7.63. The minimum atomic E-state index is -2.88. The number of fused-ring (bicyclic) bond motifs is 1. The van der Waals surface area contributed by atoms with Crippen molar-refractivity contribution in [2.45, 2.75) is 153 Å². The Kier molecular flexibility index (Phi) is 10.4. The van der Waals surface area contributed by atoms with E-state index in [2.05, 4.69) is 40.8 Å². The summed E-state index contributed by atoms with van der Waals surface area (Å²) >= 11 is 0. The van der Waals surface area contributed by atoms with E-state index < -0.39 is 20.3 Å². The van der Waals surface area contributed by atoms with Crippen molar-refractivity contribution in [1.29, 1.82) is 0 Å². The summed E-state index contributed by atoms with van der Waals surface area (Å²) in [6.07, 6.45) is 6.25. The fraction of sp³-hybridized carbons (Fsp3) is 0.964. The molecule has 0 N–H and O–H groups in total. The van der Waals surface area contributed by atoms with E-state index >= 15 is 8.78 Å². The van der Waals surface area contributed by atoms with Gasteiger partial charge in [-0.25, -0.2) is 8.78 Å². The maximum Gasteiger partial charge on any atom is 0.306 e. The molecule has 0 aromatic heterocycles. The predicted molar refractivity (Wildman–Crippen MR) is 140 cm³/mol. The van der Waals surface area contributed by atoms with Gasteiger partial charge >= 0.3 is 5.97 Å². The summed E-state index contributed by atoms with van der Waals surface area (Å²) in [6.45, 7) is 13.1. The Morgan fingerprint density at radius 2 is 1.89 bits per heavy atom. The van der Waals surface area contributed by atoms with Crippen LogP contribution in [0, 0.1) is 11.8 Å². The Morgan fingerprint density at radius 1 is 1.14 bits per heavy atom. The largest absolute Gasteiger partial charge is 0.462 e. The normalized spacial score (nSPS) is 30.3. The Morgan fingerprint density at radius 3 is 2.53 bits per heavy atom. The summed E-state index contributed by atoms with van der Waals surface area (Å²) in [6, 6.07) is 0. The molecule has 1 saturated carbocycles. The van der Waals surface area contributed by atoms with Gasteiger partial charge in [-0.15, -0.1) is 0 Å². The van der Waals surface area contributed by atoms with Crippen molar-refractivity contribution < 1.29 is 32.2 Å². The van der Waals surface area contributed by atoms with Gasteiger partial charge in [-0.3, -0.25) is 4.79 Å². The molecule has 0 amide bonds. The number of esters is 1. The van der Waals surface area contributed by atoms with Crippen LogP contribution in [-0.4, -0.2) is 51.4 Å². The highest BCUT2D eigenvalue weighted by Gasteiger charge is 2.53. The second-order valence-electron chi connectivity index (χ2n) is 12.8. The summed E-state index contributed by atoms with van der Waals surface area (Å²) in [7, 11) is -2.41. The molecule has 3 rings (SSSR count). The molecule has 2 heterocycles. The molecule has 36 heavy (non-hydrogen) atoms. The first-order chi connectivity index (χ1) is 16.8. The molecule has 6 atom stereocenters. The molecule has 3 fully saturated rings. The molecule has 1 aliphatic carbocycles. The highest BCUT2D eigenvalue weighted by atomic mass is 28.4.